The highest BCUT2D eigenvalue weighted by Crippen LogP contribution is 2.43. The molecule has 6 nitrogen and oxygen atoms in total. The molecule has 1 unspecified atom stereocenters. The largest absolute Gasteiger partial charge is 0.451 e. The second-order valence-electron chi connectivity index (χ2n) is 5.24. The molecule has 0 bridgehead atoms. The molecule has 0 aliphatic rings. The molecule has 2 aromatic carbocycles. The molecule has 0 saturated heterocycles. The van der Waals surface area contributed by atoms with Crippen LogP contribution in [0.5, 0.6) is 11.5 Å². The number of nitro groups is 1. The standard InChI is InChI=1S/C15H12F4NO5P/c1-3-26(23,24)10-6-8(4-5-9(10)20(21)22)25-15-13(18)11(16)7(2)12(17)14(15)19/h4-6H,3H2,1-2H3,(H,23,24). The molecule has 140 valence electrons. The Kier molecular flexibility index (Phi) is 5.39. The average Bonchev–Trinajstić information content (AvgIpc) is 2.61. The molecule has 0 aliphatic heterocycles. The second-order valence-corrected chi connectivity index (χ2v) is 7.75. The van der Waals surface area contributed by atoms with Gasteiger partial charge in [0.25, 0.3) is 5.69 Å². The van der Waals surface area contributed by atoms with Gasteiger partial charge in [-0.1, -0.05) is 6.92 Å². The van der Waals surface area contributed by atoms with Crippen molar-refractivity contribution in [2.24, 2.45) is 0 Å². The zero-order chi connectivity index (χ0) is 19.8. The third kappa shape index (κ3) is 3.42. The molecule has 0 heterocycles. The molecular formula is C15H12F4NO5P. The first kappa shape index (κ1) is 19.9. The quantitative estimate of drug-likeness (QED) is 0.271. The monoisotopic (exact) mass is 393 g/mol. The number of benzene rings is 2. The van der Waals surface area contributed by atoms with Gasteiger partial charge in [-0.15, -0.1) is 0 Å². The Morgan fingerprint density at radius 2 is 1.69 bits per heavy atom. The van der Waals surface area contributed by atoms with E-state index in [1.54, 1.807) is 0 Å². The van der Waals surface area contributed by atoms with Gasteiger partial charge in [-0.05, 0) is 13.0 Å². The lowest BCUT2D eigenvalue weighted by Gasteiger charge is -2.14. The topological polar surface area (TPSA) is 89.7 Å². The first-order chi connectivity index (χ1) is 12.0. The van der Waals surface area contributed by atoms with Crippen LogP contribution in [0.4, 0.5) is 23.2 Å². The summed E-state index contributed by atoms with van der Waals surface area (Å²) in [5.74, 6) is -8.85. The average molecular weight is 393 g/mol. The van der Waals surface area contributed by atoms with Crippen molar-refractivity contribution in [2.45, 2.75) is 13.8 Å². The Hall–Kier alpha value is -2.45. The van der Waals surface area contributed by atoms with Gasteiger partial charge in [0.2, 0.25) is 24.8 Å². The van der Waals surface area contributed by atoms with Crippen LogP contribution in [-0.4, -0.2) is 16.0 Å². The smallest absolute Gasteiger partial charge is 0.282 e. The SMILES string of the molecule is CCP(=O)(O)c1cc(Oc2c(F)c(F)c(C)c(F)c2F)ccc1[N+](=O)[O-]. The normalized spacial score (nSPS) is 13.3. The highest BCUT2D eigenvalue weighted by Gasteiger charge is 2.30. The summed E-state index contributed by atoms with van der Waals surface area (Å²) in [6.45, 7) is 2.13. The molecule has 1 atom stereocenters. The van der Waals surface area contributed by atoms with E-state index in [0.29, 0.717) is 0 Å². The molecule has 1 N–H and O–H groups in total. The lowest BCUT2D eigenvalue weighted by molar-refractivity contribution is -0.383. The highest BCUT2D eigenvalue weighted by molar-refractivity contribution is 7.66. The third-order valence-electron chi connectivity index (χ3n) is 3.61. The van der Waals surface area contributed by atoms with Gasteiger partial charge in [-0.2, -0.15) is 8.78 Å². The number of hydrogen-bond donors (Lipinski definition) is 1. The van der Waals surface area contributed by atoms with E-state index in [1.165, 1.54) is 6.92 Å². The van der Waals surface area contributed by atoms with Crippen LogP contribution in [0.15, 0.2) is 18.2 Å². The van der Waals surface area contributed by atoms with Crippen molar-refractivity contribution >= 4 is 18.4 Å². The molecule has 0 aromatic heterocycles. The summed E-state index contributed by atoms with van der Waals surface area (Å²) < 4.78 is 71.9. The highest BCUT2D eigenvalue weighted by atomic mass is 31.2. The Bertz CT molecular complexity index is 921. The number of halogens is 4. The summed E-state index contributed by atoms with van der Waals surface area (Å²) in [6, 6.07) is 2.41. The zero-order valence-corrected chi connectivity index (χ0v) is 14.3. The number of nitro benzene ring substituents is 1. The number of rotatable bonds is 5. The molecule has 11 heteroatoms. The van der Waals surface area contributed by atoms with Crippen molar-refractivity contribution in [1.29, 1.82) is 0 Å². The van der Waals surface area contributed by atoms with Crippen molar-refractivity contribution in [3.8, 4) is 11.5 Å². The van der Waals surface area contributed by atoms with Crippen LogP contribution in [0.3, 0.4) is 0 Å². The van der Waals surface area contributed by atoms with Gasteiger partial charge in [0.15, 0.2) is 11.6 Å². The Balaban J connectivity index is 2.61. The van der Waals surface area contributed by atoms with E-state index in [-0.39, 0.29) is 6.16 Å². The van der Waals surface area contributed by atoms with Gasteiger partial charge >= 0.3 is 0 Å². The van der Waals surface area contributed by atoms with Crippen molar-refractivity contribution in [3.63, 3.8) is 0 Å². The summed E-state index contributed by atoms with van der Waals surface area (Å²) >= 11 is 0. The van der Waals surface area contributed by atoms with Crippen LogP contribution in [0.2, 0.25) is 0 Å². The summed E-state index contributed by atoms with van der Waals surface area (Å²) in [7, 11) is -4.16. The molecule has 0 fully saturated rings. The molecule has 0 spiro atoms. The van der Waals surface area contributed by atoms with E-state index in [4.69, 9.17) is 4.74 Å². The van der Waals surface area contributed by atoms with Crippen LogP contribution >= 0.6 is 7.37 Å². The zero-order valence-electron chi connectivity index (χ0n) is 13.4. The lowest BCUT2D eigenvalue weighted by atomic mass is 10.2. The van der Waals surface area contributed by atoms with Gasteiger partial charge in [-0.3, -0.25) is 14.7 Å². The Morgan fingerprint density at radius 1 is 1.15 bits per heavy atom. The first-order valence-corrected chi connectivity index (χ1v) is 8.97. The molecule has 2 rings (SSSR count). The van der Waals surface area contributed by atoms with Crippen LogP contribution in [0.25, 0.3) is 0 Å². The number of nitrogens with zero attached hydrogens (tertiary/aromatic N) is 1. The van der Waals surface area contributed by atoms with E-state index in [0.717, 1.165) is 25.1 Å². The van der Waals surface area contributed by atoms with Gasteiger partial charge in [0.05, 0.1) is 4.92 Å². The summed E-state index contributed by atoms with van der Waals surface area (Å²) in [5, 5.41) is 10.4. The predicted octanol–water partition coefficient (Wildman–Crippen LogP) is 4.17. The fourth-order valence-corrected chi connectivity index (χ4v) is 3.28. The van der Waals surface area contributed by atoms with Crippen molar-refractivity contribution in [1.82, 2.24) is 0 Å². The number of hydrogen-bond acceptors (Lipinski definition) is 4. The minimum atomic E-state index is -4.16. The molecule has 0 saturated carbocycles. The van der Waals surface area contributed by atoms with Gasteiger partial charge in [0.1, 0.15) is 11.1 Å². The van der Waals surface area contributed by atoms with Crippen molar-refractivity contribution in [2.75, 3.05) is 6.16 Å². The fourth-order valence-electron chi connectivity index (χ4n) is 2.10. The molecule has 2 aromatic rings. The van der Waals surface area contributed by atoms with E-state index >= 15 is 0 Å². The van der Waals surface area contributed by atoms with Gasteiger partial charge in [-0.25, -0.2) is 8.78 Å². The maximum atomic E-state index is 13.9. The maximum Gasteiger partial charge on any atom is 0.282 e. The van der Waals surface area contributed by atoms with Crippen LogP contribution in [-0.2, 0) is 4.57 Å². The first-order valence-electron chi connectivity index (χ1n) is 7.12. The van der Waals surface area contributed by atoms with Crippen LogP contribution in [0, 0.1) is 40.3 Å². The van der Waals surface area contributed by atoms with Crippen molar-refractivity contribution < 1.29 is 36.7 Å². The summed E-state index contributed by atoms with van der Waals surface area (Å²) in [5.41, 5.74) is -1.59. The Labute approximate surface area is 144 Å². The summed E-state index contributed by atoms with van der Waals surface area (Å²) in [6.07, 6.45) is -0.353. The van der Waals surface area contributed by atoms with E-state index < -0.39 is 63.6 Å². The molecule has 0 amide bonds. The second kappa shape index (κ2) is 7.05. The summed E-state index contributed by atoms with van der Waals surface area (Å²) in [4.78, 5) is 20.0. The van der Waals surface area contributed by atoms with Crippen LogP contribution in [0.1, 0.15) is 12.5 Å². The molecule has 0 aliphatic carbocycles. The lowest BCUT2D eigenvalue weighted by Crippen LogP contribution is -2.12. The number of ether oxygens (including phenoxy) is 1. The molecule has 26 heavy (non-hydrogen) atoms. The molecular weight excluding hydrogens is 381 g/mol. The fraction of sp³-hybridized carbons (Fsp3) is 0.200. The van der Waals surface area contributed by atoms with E-state index in [2.05, 4.69) is 0 Å². The molecule has 0 radical (unpaired) electrons. The van der Waals surface area contributed by atoms with E-state index in [9.17, 15) is 37.1 Å². The van der Waals surface area contributed by atoms with Gasteiger partial charge in [0, 0.05) is 23.9 Å². The minimum Gasteiger partial charge on any atom is -0.451 e. The minimum absolute atomic E-state index is 0.353. The van der Waals surface area contributed by atoms with E-state index in [1.807, 2.05) is 0 Å². The van der Waals surface area contributed by atoms with Gasteiger partial charge < -0.3 is 9.63 Å². The Morgan fingerprint density at radius 3 is 2.15 bits per heavy atom. The van der Waals surface area contributed by atoms with Crippen LogP contribution < -0.4 is 10.0 Å². The van der Waals surface area contributed by atoms with Crippen molar-refractivity contribution in [3.05, 3.63) is 57.1 Å². The third-order valence-corrected chi connectivity index (χ3v) is 5.58. The maximum absolute atomic E-state index is 13.9. The predicted molar refractivity (Wildman–Crippen MR) is 84.2 cm³/mol.